The van der Waals surface area contributed by atoms with Crippen LogP contribution in [0.4, 0.5) is 5.82 Å². The third-order valence-corrected chi connectivity index (χ3v) is 9.65. The van der Waals surface area contributed by atoms with Gasteiger partial charge in [0.05, 0.1) is 17.2 Å². The molecule has 2 heterocycles. The molecule has 1 aromatic carbocycles. The Morgan fingerprint density at radius 1 is 1.06 bits per heavy atom. The minimum atomic E-state index is -4.15. The molecule has 1 aromatic heterocycles. The van der Waals surface area contributed by atoms with Gasteiger partial charge in [-0.3, -0.25) is 14.3 Å². The molecule has 1 unspecified atom stereocenters. The Hall–Kier alpha value is -1.73. The topological polar surface area (TPSA) is 108 Å². The number of benzene rings is 1. The number of aryl methyl sites for hydroxylation is 1. The zero-order valence-corrected chi connectivity index (χ0v) is 22.3. The quantitative estimate of drug-likeness (QED) is 0.441. The minimum Gasteiger partial charge on any atom is -0.365 e. The largest absolute Gasteiger partial charge is 0.365 e. The first-order valence-electron chi connectivity index (χ1n) is 13.8. The molecule has 36 heavy (non-hydrogen) atoms. The van der Waals surface area contributed by atoms with Crippen LogP contribution in [-0.4, -0.2) is 55.1 Å². The lowest BCUT2D eigenvalue weighted by molar-refractivity contribution is -0.00907. The van der Waals surface area contributed by atoms with Crippen molar-refractivity contribution in [2.45, 2.75) is 95.8 Å². The number of rotatable bonds is 8. The molecule has 2 aliphatic carbocycles. The molecular formula is C27H41N4O4P. The van der Waals surface area contributed by atoms with Crippen LogP contribution in [0.15, 0.2) is 29.1 Å². The average Bonchev–Trinajstić information content (AvgIpc) is 2.83. The van der Waals surface area contributed by atoms with Crippen LogP contribution < -0.4 is 10.9 Å². The van der Waals surface area contributed by atoms with Gasteiger partial charge in [0.15, 0.2) is 5.82 Å². The van der Waals surface area contributed by atoms with Crippen LogP contribution in [-0.2, 0) is 11.1 Å². The fraction of sp³-hybridized carbons (Fsp3) is 0.704. The number of nitrogens with one attached hydrogen (secondary N) is 1. The van der Waals surface area contributed by atoms with Crippen LogP contribution >= 0.6 is 7.60 Å². The molecule has 5 rings (SSSR count). The number of anilines is 1. The second-order valence-electron chi connectivity index (χ2n) is 11.4. The van der Waals surface area contributed by atoms with E-state index in [1.165, 1.54) is 57.8 Å². The smallest absolute Gasteiger partial charge is 0.327 e. The lowest BCUT2D eigenvalue weighted by Gasteiger charge is -2.51. The Morgan fingerprint density at radius 3 is 2.53 bits per heavy atom. The fourth-order valence-corrected chi connectivity index (χ4v) is 7.73. The number of piperidine rings is 1. The molecule has 1 aliphatic heterocycles. The summed E-state index contributed by atoms with van der Waals surface area (Å²) in [5.74, 6) is 1.95. The molecule has 3 fully saturated rings. The highest BCUT2D eigenvalue weighted by atomic mass is 31.2. The summed E-state index contributed by atoms with van der Waals surface area (Å²) >= 11 is 0. The second kappa shape index (κ2) is 10.9. The highest BCUT2D eigenvalue weighted by Crippen LogP contribution is 2.44. The lowest BCUT2D eigenvalue weighted by Crippen LogP contribution is -2.54. The van der Waals surface area contributed by atoms with E-state index in [0.29, 0.717) is 30.2 Å². The number of likely N-dealkylation sites (tertiary alicyclic amines) is 1. The fourth-order valence-electron chi connectivity index (χ4n) is 7.33. The number of hydrogen-bond donors (Lipinski definition) is 3. The first-order valence-corrected chi connectivity index (χ1v) is 15.6. The first-order chi connectivity index (χ1) is 17.3. The molecule has 2 aromatic rings. The Balaban J connectivity index is 1.36. The van der Waals surface area contributed by atoms with Crippen molar-refractivity contribution < 1.29 is 14.4 Å². The summed E-state index contributed by atoms with van der Waals surface area (Å²) in [5, 5.41) is 2.88. The van der Waals surface area contributed by atoms with Crippen molar-refractivity contribution in [2.24, 2.45) is 11.8 Å². The van der Waals surface area contributed by atoms with Gasteiger partial charge in [0.2, 0.25) is 0 Å². The Bertz CT molecular complexity index is 1150. The second-order valence-corrected chi connectivity index (χ2v) is 13.2. The molecule has 3 aliphatic rings. The van der Waals surface area contributed by atoms with Gasteiger partial charge in [-0.2, -0.15) is 0 Å². The molecular weight excluding hydrogens is 475 g/mol. The summed E-state index contributed by atoms with van der Waals surface area (Å²) < 4.78 is 13.1. The Labute approximate surface area is 213 Å². The predicted octanol–water partition coefficient (Wildman–Crippen LogP) is 4.59. The molecule has 8 nitrogen and oxygen atoms in total. The van der Waals surface area contributed by atoms with E-state index in [0.717, 1.165) is 23.8 Å². The average molecular weight is 517 g/mol. The zero-order valence-electron chi connectivity index (χ0n) is 21.4. The van der Waals surface area contributed by atoms with E-state index >= 15 is 0 Å². The van der Waals surface area contributed by atoms with E-state index in [1.54, 1.807) is 0 Å². The van der Waals surface area contributed by atoms with Crippen molar-refractivity contribution in [1.29, 1.82) is 0 Å². The SMILES string of the molecule is C[C@H]1CCC[C@@H](CCn2c(=O)c(NCCP(=O)(O)O)nc3ccccc32)N1C1C[C@H]2CCC[C@@H](C1)C2. The van der Waals surface area contributed by atoms with E-state index in [-0.39, 0.29) is 24.1 Å². The van der Waals surface area contributed by atoms with Crippen LogP contribution in [0.5, 0.6) is 0 Å². The van der Waals surface area contributed by atoms with Crippen molar-refractivity contribution in [3.05, 3.63) is 34.6 Å². The van der Waals surface area contributed by atoms with Gasteiger partial charge in [0.1, 0.15) is 0 Å². The van der Waals surface area contributed by atoms with E-state index in [1.807, 2.05) is 28.8 Å². The van der Waals surface area contributed by atoms with Crippen LogP contribution in [0.3, 0.4) is 0 Å². The third-order valence-electron chi connectivity index (χ3n) is 8.85. The summed E-state index contributed by atoms with van der Waals surface area (Å²) in [6, 6.07) is 9.38. The Morgan fingerprint density at radius 2 is 1.78 bits per heavy atom. The molecule has 0 radical (unpaired) electrons. The predicted molar refractivity (Wildman–Crippen MR) is 143 cm³/mol. The molecule has 0 spiro atoms. The summed E-state index contributed by atoms with van der Waals surface area (Å²) in [6.45, 7) is 3.01. The number of nitrogens with zero attached hydrogens (tertiary/aromatic N) is 3. The van der Waals surface area contributed by atoms with Crippen molar-refractivity contribution >= 4 is 24.4 Å². The maximum Gasteiger partial charge on any atom is 0.327 e. The van der Waals surface area contributed by atoms with Gasteiger partial charge in [-0.05, 0) is 69.4 Å². The molecule has 2 saturated carbocycles. The van der Waals surface area contributed by atoms with Crippen LogP contribution in [0.1, 0.15) is 71.1 Å². The molecule has 3 N–H and O–H groups in total. The molecule has 9 heteroatoms. The van der Waals surface area contributed by atoms with Crippen LogP contribution in [0.25, 0.3) is 11.0 Å². The highest BCUT2D eigenvalue weighted by molar-refractivity contribution is 7.51. The highest BCUT2D eigenvalue weighted by Gasteiger charge is 2.39. The molecule has 198 valence electrons. The minimum absolute atomic E-state index is 0.00277. The summed E-state index contributed by atoms with van der Waals surface area (Å²) in [6.07, 6.45) is 12.6. The van der Waals surface area contributed by atoms with Crippen molar-refractivity contribution in [2.75, 3.05) is 18.0 Å². The van der Waals surface area contributed by atoms with Gasteiger partial charge < -0.3 is 19.7 Å². The van der Waals surface area contributed by atoms with E-state index in [9.17, 15) is 19.1 Å². The molecule has 1 saturated heterocycles. The maximum absolute atomic E-state index is 13.4. The van der Waals surface area contributed by atoms with Crippen LogP contribution in [0, 0.1) is 11.8 Å². The first kappa shape index (κ1) is 25.9. The zero-order chi connectivity index (χ0) is 25.3. The van der Waals surface area contributed by atoms with Crippen molar-refractivity contribution in [3.63, 3.8) is 0 Å². The summed E-state index contributed by atoms with van der Waals surface area (Å²) in [4.78, 5) is 39.1. The lowest BCUT2D eigenvalue weighted by atomic mass is 9.69. The molecule has 0 amide bonds. The number of para-hydroxylation sites is 2. The van der Waals surface area contributed by atoms with E-state index in [2.05, 4.69) is 22.1 Å². The molecule has 5 atom stereocenters. The number of hydrogen-bond acceptors (Lipinski definition) is 5. The number of aromatic nitrogens is 2. The van der Waals surface area contributed by atoms with Gasteiger partial charge in [-0.15, -0.1) is 0 Å². The van der Waals surface area contributed by atoms with Crippen LogP contribution in [0.2, 0.25) is 0 Å². The van der Waals surface area contributed by atoms with Gasteiger partial charge in [-0.25, -0.2) is 4.98 Å². The Kier molecular flexibility index (Phi) is 7.87. The van der Waals surface area contributed by atoms with E-state index < -0.39 is 7.60 Å². The maximum atomic E-state index is 13.4. The van der Waals surface area contributed by atoms with Crippen molar-refractivity contribution in [3.8, 4) is 0 Å². The van der Waals surface area contributed by atoms with Gasteiger partial charge in [0.25, 0.3) is 5.56 Å². The third kappa shape index (κ3) is 5.88. The van der Waals surface area contributed by atoms with Gasteiger partial charge in [0, 0.05) is 31.2 Å². The summed E-state index contributed by atoms with van der Waals surface area (Å²) in [5.41, 5.74) is 1.30. The molecule has 2 bridgehead atoms. The van der Waals surface area contributed by atoms with E-state index in [4.69, 9.17) is 0 Å². The van der Waals surface area contributed by atoms with Crippen molar-refractivity contribution in [1.82, 2.24) is 14.5 Å². The normalized spacial score (nSPS) is 29.4. The summed E-state index contributed by atoms with van der Waals surface area (Å²) in [7, 11) is -4.15. The monoisotopic (exact) mass is 516 g/mol. The van der Waals surface area contributed by atoms with Gasteiger partial charge in [-0.1, -0.05) is 37.8 Å². The van der Waals surface area contributed by atoms with Gasteiger partial charge >= 0.3 is 7.60 Å². The standard InChI is InChI=1S/C27H41N4O4P/c1-19-6-4-9-22(31(19)23-17-20-7-5-8-21(16-20)18-23)12-14-30-25-11-3-2-10-24(25)29-26(27(30)32)28-13-15-36(33,34)35/h2-3,10-11,19-23H,4-9,12-18H2,1H3,(H,28,29)(H2,33,34,35)/t19-,20-,21+,22-,23?/m0/s1. The number of fused-ring (bicyclic) bond motifs is 3.